The van der Waals surface area contributed by atoms with Crippen molar-refractivity contribution in [2.45, 2.75) is 38.3 Å². The largest absolute Gasteiger partial charge is 0.492 e. The lowest BCUT2D eigenvalue weighted by Gasteiger charge is -2.36. The quantitative estimate of drug-likeness (QED) is 0.747. The third-order valence-corrected chi connectivity index (χ3v) is 4.07. The molecule has 1 aromatic carbocycles. The van der Waals surface area contributed by atoms with E-state index < -0.39 is 6.10 Å². The van der Waals surface area contributed by atoms with Crippen LogP contribution in [0.25, 0.3) is 0 Å². The van der Waals surface area contributed by atoms with E-state index in [1.165, 1.54) is 12.1 Å². The molecule has 128 valence electrons. The van der Waals surface area contributed by atoms with Gasteiger partial charge in [0.05, 0.1) is 19.2 Å². The van der Waals surface area contributed by atoms with Crippen molar-refractivity contribution in [3.63, 3.8) is 0 Å². The first-order chi connectivity index (χ1) is 11.1. The van der Waals surface area contributed by atoms with Crippen LogP contribution >= 0.6 is 0 Å². The number of halogens is 1. The maximum absolute atomic E-state index is 12.8. The van der Waals surface area contributed by atoms with E-state index in [2.05, 4.69) is 5.32 Å². The normalized spacial score (nSPS) is 20.0. The van der Waals surface area contributed by atoms with E-state index in [1.807, 2.05) is 4.90 Å². The van der Waals surface area contributed by atoms with Crippen LogP contribution in [0.2, 0.25) is 0 Å². The van der Waals surface area contributed by atoms with Gasteiger partial charge >= 0.3 is 0 Å². The van der Waals surface area contributed by atoms with E-state index in [9.17, 15) is 14.3 Å². The predicted octanol–water partition coefficient (Wildman–Crippen LogP) is 1.56. The summed E-state index contributed by atoms with van der Waals surface area (Å²) in [7, 11) is 0. The van der Waals surface area contributed by atoms with Crippen LogP contribution in [0.3, 0.4) is 0 Å². The molecule has 23 heavy (non-hydrogen) atoms. The molecule has 2 atom stereocenters. The smallest absolute Gasteiger partial charge is 0.234 e. The second-order valence-corrected chi connectivity index (χ2v) is 5.93. The molecule has 2 N–H and O–H groups in total. The molecule has 0 bridgehead atoms. The van der Waals surface area contributed by atoms with Crippen LogP contribution < -0.4 is 10.1 Å². The van der Waals surface area contributed by atoms with Crippen molar-refractivity contribution >= 4 is 5.91 Å². The number of amides is 1. The lowest BCUT2D eigenvalue weighted by Crippen LogP contribution is -2.50. The van der Waals surface area contributed by atoms with Crippen molar-refractivity contribution in [1.82, 2.24) is 10.2 Å². The van der Waals surface area contributed by atoms with Crippen LogP contribution in [0.5, 0.6) is 5.75 Å². The molecule has 0 aromatic heterocycles. The molecule has 1 aromatic rings. The standard InChI is InChI=1S/C17H25FN2O3/c1-13(21)16-4-2-3-10-20(16)12-17(22)19-9-11-23-15-7-5-14(18)6-8-15/h5-8,13,16,21H,2-4,9-12H2,1H3,(H,19,22). The molecule has 0 radical (unpaired) electrons. The molecule has 1 heterocycles. The lowest BCUT2D eigenvalue weighted by atomic mass is 9.98. The summed E-state index contributed by atoms with van der Waals surface area (Å²) in [5.41, 5.74) is 0. The minimum atomic E-state index is -0.426. The third-order valence-electron chi connectivity index (χ3n) is 4.07. The number of ether oxygens (including phenoxy) is 1. The molecule has 0 aliphatic carbocycles. The fourth-order valence-electron chi connectivity index (χ4n) is 2.89. The van der Waals surface area contributed by atoms with Crippen LogP contribution in [0.15, 0.2) is 24.3 Å². The highest BCUT2D eigenvalue weighted by molar-refractivity contribution is 5.78. The zero-order valence-electron chi connectivity index (χ0n) is 13.5. The minimum absolute atomic E-state index is 0.0602. The Morgan fingerprint density at radius 3 is 2.87 bits per heavy atom. The summed E-state index contributed by atoms with van der Waals surface area (Å²) in [5, 5.41) is 12.6. The van der Waals surface area contributed by atoms with Gasteiger partial charge < -0.3 is 15.2 Å². The molecular weight excluding hydrogens is 299 g/mol. The average Bonchev–Trinajstić information content (AvgIpc) is 2.53. The fourth-order valence-corrected chi connectivity index (χ4v) is 2.89. The maximum atomic E-state index is 12.8. The van der Waals surface area contributed by atoms with Gasteiger partial charge in [0.15, 0.2) is 0 Å². The number of likely N-dealkylation sites (tertiary alicyclic amines) is 1. The van der Waals surface area contributed by atoms with Crippen LogP contribution in [0.4, 0.5) is 4.39 Å². The van der Waals surface area contributed by atoms with Gasteiger partial charge in [0, 0.05) is 6.04 Å². The molecule has 1 aliphatic heterocycles. The average molecular weight is 324 g/mol. The maximum Gasteiger partial charge on any atom is 0.234 e. The Kier molecular flexibility index (Phi) is 6.80. The van der Waals surface area contributed by atoms with Gasteiger partial charge in [0.25, 0.3) is 0 Å². The van der Waals surface area contributed by atoms with Crippen LogP contribution in [0, 0.1) is 5.82 Å². The van der Waals surface area contributed by atoms with E-state index in [0.29, 0.717) is 25.4 Å². The molecule has 5 nitrogen and oxygen atoms in total. The summed E-state index contributed by atoms with van der Waals surface area (Å²) >= 11 is 0. The van der Waals surface area contributed by atoms with Crippen molar-refractivity contribution in [3.05, 3.63) is 30.1 Å². The summed E-state index contributed by atoms with van der Waals surface area (Å²) in [5.74, 6) is 0.200. The number of aliphatic hydroxyl groups is 1. The van der Waals surface area contributed by atoms with Gasteiger partial charge in [-0.2, -0.15) is 0 Å². The lowest BCUT2D eigenvalue weighted by molar-refractivity contribution is -0.124. The predicted molar refractivity (Wildman–Crippen MR) is 85.8 cm³/mol. The molecule has 2 unspecified atom stereocenters. The van der Waals surface area contributed by atoms with Crippen molar-refractivity contribution < 1.29 is 19.0 Å². The van der Waals surface area contributed by atoms with Crippen molar-refractivity contribution in [3.8, 4) is 5.75 Å². The number of hydrogen-bond acceptors (Lipinski definition) is 4. The van der Waals surface area contributed by atoms with Crippen LogP contribution in [0.1, 0.15) is 26.2 Å². The number of piperidine rings is 1. The summed E-state index contributed by atoms with van der Waals surface area (Å²) in [6.07, 6.45) is 2.66. The van der Waals surface area contributed by atoms with E-state index in [-0.39, 0.29) is 17.8 Å². The van der Waals surface area contributed by atoms with Crippen LogP contribution in [-0.4, -0.2) is 54.3 Å². The summed E-state index contributed by atoms with van der Waals surface area (Å²) < 4.78 is 18.2. The number of aliphatic hydroxyl groups excluding tert-OH is 1. The highest BCUT2D eigenvalue weighted by Gasteiger charge is 2.27. The second-order valence-electron chi connectivity index (χ2n) is 5.93. The zero-order valence-corrected chi connectivity index (χ0v) is 13.5. The van der Waals surface area contributed by atoms with Gasteiger partial charge in [-0.05, 0) is 50.6 Å². The number of carbonyl (C=O) groups is 1. The van der Waals surface area contributed by atoms with Crippen LogP contribution in [-0.2, 0) is 4.79 Å². The van der Waals surface area contributed by atoms with E-state index in [0.717, 1.165) is 25.8 Å². The number of carbonyl (C=O) groups excluding carboxylic acids is 1. The molecule has 0 saturated carbocycles. The molecule has 1 amide bonds. The summed E-state index contributed by atoms with van der Waals surface area (Å²) in [6.45, 7) is 3.64. The molecular formula is C17H25FN2O3. The minimum Gasteiger partial charge on any atom is -0.492 e. The van der Waals surface area contributed by atoms with Crippen molar-refractivity contribution in [2.75, 3.05) is 26.2 Å². The topological polar surface area (TPSA) is 61.8 Å². The Bertz CT molecular complexity index is 493. The number of nitrogens with zero attached hydrogens (tertiary/aromatic N) is 1. The van der Waals surface area contributed by atoms with E-state index >= 15 is 0 Å². The molecule has 0 spiro atoms. The molecule has 1 aliphatic rings. The Morgan fingerprint density at radius 1 is 1.43 bits per heavy atom. The first-order valence-electron chi connectivity index (χ1n) is 8.13. The zero-order chi connectivity index (χ0) is 16.7. The Morgan fingerprint density at radius 2 is 2.17 bits per heavy atom. The summed E-state index contributed by atoms with van der Waals surface area (Å²) in [6, 6.07) is 5.84. The van der Waals surface area contributed by atoms with Crippen molar-refractivity contribution in [2.24, 2.45) is 0 Å². The number of nitrogens with one attached hydrogen (secondary N) is 1. The van der Waals surface area contributed by atoms with Gasteiger partial charge in [-0.1, -0.05) is 6.42 Å². The molecule has 1 fully saturated rings. The van der Waals surface area contributed by atoms with E-state index in [4.69, 9.17) is 4.74 Å². The van der Waals surface area contributed by atoms with Crippen molar-refractivity contribution in [1.29, 1.82) is 0 Å². The van der Waals surface area contributed by atoms with Gasteiger partial charge in [-0.15, -0.1) is 0 Å². The molecule has 2 rings (SSSR count). The highest BCUT2D eigenvalue weighted by atomic mass is 19.1. The molecule has 1 saturated heterocycles. The Hall–Kier alpha value is -1.66. The highest BCUT2D eigenvalue weighted by Crippen LogP contribution is 2.19. The Labute approximate surface area is 136 Å². The summed E-state index contributed by atoms with van der Waals surface area (Å²) in [4.78, 5) is 14.0. The monoisotopic (exact) mass is 324 g/mol. The van der Waals surface area contributed by atoms with E-state index in [1.54, 1.807) is 19.1 Å². The Balaban J connectivity index is 1.67. The second kappa shape index (κ2) is 8.84. The SMILES string of the molecule is CC(O)C1CCCCN1CC(=O)NCCOc1ccc(F)cc1. The number of rotatable bonds is 7. The molecule has 6 heteroatoms. The number of benzene rings is 1. The van der Waals surface area contributed by atoms with Gasteiger partial charge in [-0.3, -0.25) is 9.69 Å². The third kappa shape index (κ3) is 5.80. The van der Waals surface area contributed by atoms with Gasteiger partial charge in [-0.25, -0.2) is 4.39 Å². The van der Waals surface area contributed by atoms with Gasteiger partial charge in [0.1, 0.15) is 18.2 Å². The first kappa shape index (κ1) is 17.7. The number of hydrogen-bond donors (Lipinski definition) is 2. The first-order valence-corrected chi connectivity index (χ1v) is 8.13. The fraction of sp³-hybridized carbons (Fsp3) is 0.588. The van der Waals surface area contributed by atoms with Gasteiger partial charge in [0.2, 0.25) is 5.91 Å².